The molecule has 0 aliphatic heterocycles. The molecule has 0 radical (unpaired) electrons. The molecule has 140 valence electrons. The summed E-state index contributed by atoms with van der Waals surface area (Å²) in [5, 5.41) is 6.04. The number of rotatable bonds is 7. The van der Waals surface area contributed by atoms with Crippen LogP contribution in [0.5, 0.6) is 0 Å². The van der Waals surface area contributed by atoms with Gasteiger partial charge in [0.1, 0.15) is 0 Å². The number of halogens is 3. The topological polar surface area (TPSA) is 41.1 Å². The van der Waals surface area contributed by atoms with Gasteiger partial charge in [0.15, 0.2) is 0 Å². The van der Waals surface area contributed by atoms with Gasteiger partial charge in [-0.15, -0.1) is 11.8 Å². The van der Waals surface area contributed by atoms with Crippen LogP contribution in [0.1, 0.15) is 19.4 Å². The van der Waals surface area contributed by atoms with E-state index in [1.54, 1.807) is 13.8 Å². The van der Waals surface area contributed by atoms with Crippen molar-refractivity contribution in [1.29, 1.82) is 0 Å². The van der Waals surface area contributed by atoms with E-state index in [1.807, 2.05) is 30.3 Å². The Morgan fingerprint density at radius 3 is 2.15 bits per heavy atom. The summed E-state index contributed by atoms with van der Waals surface area (Å²) < 4.78 is 37.0. The number of carbonyl (C=O) groups is 1. The van der Waals surface area contributed by atoms with Crippen LogP contribution in [0.4, 0.5) is 18.9 Å². The maximum absolute atomic E-state index is 12.6. The molecule has 0 heterocycles. The second kappa shape index (κ2) is 8.49. The third-order valence-electron chi connectivity index (χ3n) is 3.61. The Hall–Kier alpha value is -2.15. The molecule has 2 aromatic rings. The van der Waals surface area contributed by atoms with Gasteiger partial charge in [0.2, 0.25) is 5.91 Å². The molecule has 7 heteroatoms. The monoisotopic (exact) mass is 382 g/mol. The minimum absolute atomic E-state index is 0.169. The van der Waals surface area contributed by atoms with Crippen molar-refractivity contribution in [3.05, 3.63) is 60.2 Å². The molecular weight excluding hydrogens is 361 g/mol. The lowest BCUT2D eigenvalue weighted by molar-refractivity contribution is -0.137. The van der Waals surface area contributed by atoms with Gasteiger partial charge in [-0.25, -0.2) is 0 Å². The van der Waals surface area contributed by atoms with Crippen molar-refractivity contribution >= 4 is 23.4 Å². The predicted octanol–water partition coefficient (Wildman–Crippen LogP) is 4.80. The Balaban J connectivity index is 1.83. The summed E-state index contributed by atoms with van der Waals surface area (Å²) >= 11 is 1.23. The average molecular weight is 382 g/mol. The first-order valence-corrected chi connectivity index (χ1v) is 8.93. The number of nitrogens with one attached hydrogen (secondary N) is 2. The second-order valence-electron chi connectivity index (χ2n) is 6.18. The summed E-state index contributed by atoms with van der Waals surface area (Å²) in [4.78, 5) is 13.0. The number of benzene rings is 2. The molecule has 0 saturated heterocycles. The highest BCUT2D eigenvalue weighted by Crippen LogP contribution is 2.35. The molecule has 1 amide bonds. The van der Waals surface area contributed by atoms with Gasteiger partial charge in [-0.2, -0.15) is 13.2 Å². The molecule has 2 rings (SSSR count). The number of amides is 1. The molecule has 2 aromatic carbocycles. The number of para-hydroxylation sites is 1. The normalized spacial score (nSPS) is 11.9. The highest BCUT2D eigenvalue weighted by molar-refractivity contribution is 8.01. The fraction of sp³-hybridized carbons (Fsp3) is 0.316. The lowest BCUT2D eigenvalue weighted by atomic mass is 10.2. The number of hydrogen-bond donors (Lipinski definition) is 2. The summed E-state index contributed by atoms with van der Waals surface area (Å²) in [5.74, 6) is -0.169. The van der Waals surface area contributed by atoms with Crippen LogP contribution in [0, 0.1) is 0 Å². The quantitative estimate of drug-likeness (QED) is 0.534. The third kappa shape index (κ3) is 5.98. The predicted molar refractivity (Wildman–Crippen MR) is 99.3 cm³/mol. The van der Waals surface area contributed by atoms with Crippen molar-refractivity contribution in [3.63, 3.8) is 0 Å². The largest absolute Gasteiger partial charge is 0.416 e. The summed E-state index contributed by atoms with van der Waals surface area (Å²) in [5.41, 5.74) is 0.274. The molecule has 0 unspecified atom stereocenters. The van der Waals surface area contributed by atoms with Gasteiger partial charge in [-0.3, -0.25) is 4.79 Å². The van der Waals surface area contributed by atoms with Gasteiger partial charge in [0.25, 0.3) is 0 Å². The standard InChI is InChI=1S/C19H21F3N2OS/c1-18(2,26-16-10-8-14(9-11-16)19(20,21)22)17(25)24-13-12-23-15-6-4-3-5-7-15/h3-11,23H,12-13H2,1-2H3,(H,24,25). The summed E-state index contributed by atoms with van der Waals surface area (Å²) in [6.45, 7) is 4.52. The van der Waals surface area contributed by atoms with Crippen molar-refractivity contribution in [2.24, 2.45) is 0 Å². The van der Waals surface area contributed by atoms with E-state index < -0.39 is 16.5 Å². The Bertz CT molecular complexity index is 716. The number of thioether (sulfide) groups is 1. The maximum atomic E-state index is 12.6. The van der Waals surface area contributed by atoms with Crippen LogP contribution >= 0.6 is 11.8 Å². The first-order chi connectivity index (χ1) is 12.2. The SMILES string of the molecule is CC(C)(Sc1ccc(C(F)(F)F)cc1)C(=O)NCCNc1ccccc1. The Labute approximate surface area is 155 Å². The molecule has 0 spiro atoms. The van der Waals surface area contributed by atoms with Crippen molar-refractivity contribution < 1.29 is 18.0 Å². The molecule has 0 aliphatic carbocycles. The number of hydrogen-bond acceptors (Lipinski definition) is 3. The molecule has 0 atom stereocenters. The Morgan fingerprint density at radius 1 is 0.962 bits per heavy atom. The van der Waals surface area contributed by atoms with Crippen molar-refractivity contribution in [3.8, 4) is 0 Å². The number of carbonyl (C=O) groups excluding carboxylic acids is 1. The molecule has 0 bridgehead atoms. The Kier molecular flexibility index (Phi) is 6.58. The zero-order valence-electron chi connectivity index (χ0n) is 14.6. The lowest BCUT2D eigenvalue weighted by Crippen LogP contribution is -2.41. The molecule has 26 heavy (non-hydrogen) atoms. The van der Waals surface area contributed by atoms with E-state index in [2.05, 4.69) is 10.6 Å². The van der Waals surface area contributed by atoms with E-state index >= 15 is 0 Å². The smallest absolute Gasteiger partial charge is 0.383 e. The summed E-state index contributed by atoms with van der Waals surface area (Å²) in [6.07, 6.45) is -4.36. The van der Waals surface area contributed by atoms with Gasteiger partial charge in [-0.1, -0.05) is 18.2 Å². The van der Waals surface area contributed by atoms with Crippen molar-refractivity contribution in [2.75, 3.05) is 18.4 Å². The van der Waals surface area contributed by atoms with Crippen LogP contribution in [0.15, 0.2) is 59.5 Å². The minimum atomic E-state index is -4.36. The van der Waals surface area contributed by atoms with E-state index in [0.29, 0.717) is 18.0 Å². The van der Waals surface area contributed by atoms with E-state index in [4.69, 9.17) is 0 Å². The average Bonchev–Trinajstić information content (AvgIpc) is 2.58. The lowest BCUT2D eigenvalue weighted by Gasteiger charge is -2.23. The van der Waals surface area contributed by atoms with E-state index in [-0.39, 0.29) is 5.91 Å². The van der Waals surface area contributed by atoms with Gasteiger partial charge >= 0.3 is 6.18 Å². The van der Waals surface area contributed by atoms with Crippen LogP contribution in [0.3, 0.4) is 0 Å². The van der Waals surface area contributed by atoms with Gasteiger partial charge < -0.3 is 10.6 Å². The molecule has 0 aliphatic rings. The minimum Gasteiger partial charge on any atom is -0.383 e. The summed E-state index contributed by atoms with van der Waals surface area (Å²) in [6, 6.07) is 14.5. The first kappa shape index (κ1) is 20.2. The first-order valence-electron chi connectivity index (χ1n) is 8.12. The highest BCUT2D eigenvalue weighted by atomic mass is 32.2. The number of alkyl halides is 3. The Morgan fingerprint density at radius 2 is 1.58 bits per heavy atom. The molecule has 0 saturated carbocycles. The van der Waals surface area contributed by atoms with Crippen LogP contribution in [0.2, 0.25) is 0 Å². The summed E-state index contributed by atoms with van der Waals surface area (Å²) in [7, 11) is 0. The number of anilines is 1. The zero-order valence-corrected chi connectivity index (χ0v) is 15.4. The van der Waals surface area contributed by atoms with E-state index in [9.17, 15) is 18.0 Å². The van der Waals surface area contributed by atoms with Crippen molar-refractivity contribution in [2.45, 2.75) is 29.7 Å². The maximum Gasteiger partial charge on any atom is 0.416 e. The van der Waals surface area contributed by atoms with Crippen LogP contribution in [-0.4, -0.2) is 23.7 Å². The molecular formula is C19H21F3N2OS. The fourth-order valence-electron chi connectivity index (χ4n) is 2.20. The molecule has 2 N–H and O–H groups in total. The second-order valence-corrected chi connectivity index (χ2v) is 7.88. The van der Waals surface area contributed by atoms with Gasteiger partial charge in [0.05, 0.1) is 10.3 Å². The molecule has 0 fully saturated rings. The van der Waals surface area contributed by atoms with Gasteiger partial charge in [0, 0.05) is 23.7 Å². The van der Waals surface area contributed by atoms with Crippen LogP contribution in [0.25, 0.3) is 0 Å². The molecule has 0 aromatic heterocycles. The van der Waals surface area contributed by atoms with Crippen molar-refractivity contribution in [1.82, 2.24) is 5.32 Å². The third-order valence-corrected chi connectivity index (χ3v) is 4.82. The highest BCUT2D eigenvalue weighted by Gasteiger charge is 2.31. The van der Waals surface area contributed by atoms with E-state index in [1.165, 1.54) is 23.9 Å². The van der Waals surface area contributed by atoms with Crippen LogP contribution in [-0.2, 0) is 11.0 Å². The fourth-order valence-corrected chi connectivity index (χ4v) is 3.23. The van der Waals surface area contributed by atoms with Crippen LogP contribution < -0.4 is 10.6 Å². The zero-order chi connectivity index (χ0) is 19.2. The van der Waals surface area contributed by atoms with Gasteiger partial charge in [-0.05, 0) is 50.2 Å². The molecule has 3 nitrogen and oxygen atoms in total. The van der Waals surface area contributed by atoms with E-state index in [0.717, 1.165) is 17.8 Å².